The molecule has 0 saturated carbocycles. The van der Waals surface area contributed by atoms with E-state index < -0.39 is 0 Å². The smallest absolute Gasteiger partial charge is 0.126 e. The van der Waals surface area contributed by atoms with Crippen LogP contribution in [0.5, 0.6) is 0 Å². The van der Waals surface area contributed by atoms with Crippen molar-refractivity contribution in [1.29, 1.82) is 0 Å². The molecule has 0 heterocycles. The van der Waals surface area contributed by atoms with Crippen molar-refractivity contribution in [2.24, 2.45) is 10.3 Å². The lowest BCUT2D eigenvalue weighted by Crippen LogP contribution is -2.04. The zero-order valence-electron chi connectivity index (χ0n) is 7.70. The summed E-state index contributed by atoms with van der Waals surface area (Å²) in [7, 11) is 0. The van der Waals surface area contributed by atoms with E-state index in [0.29, 0.717) is 11.4 Å². The molecule has 0 fully saturated rings. The van der Waals surface area contributed by atoms with Crippen LogP contribution in [0.2, 0.25) is 0 Å². The molecule has 0 aromatic carbocycles. The Morgan fingerprint density at radius 1 is 0.917 bits per heavy atom. The molecule has 12 heavy (non-hydrogen) atoms. The molecule has 2 N–H and O–H groups in total. The predicted octanol–water partition coefficient (Wildman–Crippen LogP) is 1.28. The fourth-order valence-electron chi connectivity index (χ4n) is 0.145. The minimum Gasteiger partial charge on any atom is -0.411 e. The Kier molecular flexibility index (Phi) is 8.50. The minimum atomic E-state index is 0.167. The van der Waals surface area contributed by atoms with Gasteiger partial charge in [-0.25, -0.2) is 0 Å². The van der Waals surface area contributed by atoms with Gasteiger partial charge in [-0.15, -0.1) is 0 Å². The maximum Gasteiger partial charge on any atom is 0.126 e. The Hall–Kier alpha value is -1.39. The SMILES string of the molecule is CC(=N\O)/C(C)=N/O.CC(C)=O. The van der Waals surface area contributed by atoms with Crippen molar-refractivity contribution in [3.05, 3.63) is 0 Å². The standard InChI is InChI=1S/C4H8N2O2.C3H6O/c1-3(5-7)4(2)6-8;1-3(2)4/h7-8H,1-2H3;1-2H3/b5-3+,6-4+;. The zero-order chi connectivity index (χ0) is 10.1. The summed E-state index contributed by atoms with van der Waals surface area (Å²) < 4.78 is 0. The van der Waals surface area contributed by atoms with Gasteiger partial charge in [-0.2, -0.15) is 0 Å². The Labute approximate surface area is 71.4 Å². The van der Waals surface area contributed by atoms with Gasteiger partial charge in [-0.3, -0.25) is 0 Å². The van der Waals surface area contributed by atoms with Crippen LogP contribution >= 0.6 is 0 Å². The number of nitrogens with zero attached hydrogens (tertiary/aromatic N) is 2. The number of hydrogen-bond donors (Lipinski definition) is 2. The average molecular weight is 174 g/mol. The number of oxime groups is 2. The molecule has 5 nitrogen and oxygen atoms in total. The minimum absolute atomic E-state index is 0.167. The van der Waals surface area contributed by atoms with E-state index in [-0.39, 0.29) is 5.78 Å². The van der Waals surface area contributed by atoms with Crippen molar-refractivity contribution >= 4 is 17.2 Å². The quantitative estimate of drug-likeness (QED) is 0.357. The normalized spacial score (nSPS) is 11.7. The molecule has 0 bridgehead atoms. The molecule has 0 saturated heterocycles. The number of hydrogen-bond acceptors (Lipinski definition) is 5. The second-order valence-corrected chi connectivity index (χ2v) is 2.28. The van der Waals surface area contributed by atoms with Crippen LogP contribution in [0.3, 0.4) is 0 Å². The molecule has 0 aromatic heterocycles. The van der Waals surface area contributed by atoms with Gasteiger partial charge < -0.3 is 15.2 Å². The van der Waals surface area contributed by atoms with E-state index >= 15 is 0 Å². The molecule has 70 valence electrons. The van der Waals surface area contributed by atoms with Gasteiger partial charge in [0.1, 0.15) is 17.2 Å². The number of Topliss-reactive ketones (excluding diaryl/α,β-unsaturated/α-hetero) is 1. The molecule has 0 atom stereocenters. The molecule has 0 unspecified atom stereocenters. The van der Waals surface area contributed by atoms with E-state index in [0.717, 1.165) is 0 Å². The van der Waals surface area contributed by atoms with Crippen molar-refractivity contribution in [2.75, 3.05) is 0 Å². The summed E-state index contributed by atoms with van der Waals surface area (Å²) in [6.45, 7) is 6.13. The zero-order valence-corrected chi connectivity index (χ0v) is 7.70. The third-order valence-electron chi connectivity index (χ3n) is 0.824. The van der Waals surface area contributed by atoms with Gasteiger partial charge in [0.25, 0.3) is 0 Å². The molecule has 0 aliphatic rings. The summed E-state index contributed by atoms with van der Waals surface area (Å²) in [5, 5.41) is 21.6. The van der Waals surface area contributed by atoms with Gasteiger partial charge in [0.05, 0.1) is 0 Å². The average Bonchev–Trinajstić information content (AvgIpc) is 2.00. The van der Waals surface area contributed by atoms with Crippen LogP contribution in [-0.4, -0.2) is 27.6 Å². The lowest BCUT2D eigenvalue weighted by molar-refractivity contribution is -0.114. The van der Waals surface area contributed by atoms with Gasteiger partial charge in [0.2, 0.25) is 0 Å². The fourth-order valence-corrected chi connectivity index (χ4v) is 0.145. The molecule has 0 aromatic rings. The molecule has 0 aliphatic carbocycles. The van der Waals surface area contributed by atoms with Gasteiger partial charge in [0.15, 0.2) is 0 Å². The third kappa shape index (κ3) is 11.4. The number of ketones is 1. The van der Waals surface area contributed by atoms with Gasteiger partial charge in [-0.05, 0) is 27.7 Å². The highest BCUT2D eigenvalue weighted by Gasteiger charge is 1.93. The van der Waals surface area contributed by atoms with Crippen molar-refractivity contribution in [2.45, 2.75) is 27.7 Å². The molecular formula is C7H14N2O3. The molecular weight excluding hydrogens is 160 g/mol. The van der Waals surface area contributed by atoms with Gasteiger partial charge >= 0.3 is 0 Å². The van der Waals surface area contributed by atoms with E-state index in [4.69, 9.17) is 10.4 Å². The third-order valence-corrected chi connectivity index (χ3v) is 0.824. The summed E-state index contributed by atoms with van der Waals surface area (Å²) in [5.74, 6) is 0.167. The number of carbonyl (C=O) groups is 1. The van der Waals surface area contributed by atoms with E-state index in [9.17, 15) is 4.79 Å². The Bertz CT molecular complexity index is 177. The van der Waals surface area contributed by atoms with E-state index in [2.05, 4.69) is 10.3 Å². The maximum absolute atomic E-state index is 9.44. The first-order chi connectivity index (χ1) is 5.45. The summed E-state index contributed by atoms with van der Waals surface area (Å²) in [6, 6.07) is 0. The van der Waals surface area contributed by atoms with Crippen molar-refractivity contribution in [3.63, 3.8) is 0 Å². The highest BCUT2D eigenvalue weighted by atomic mass is 16.4. The highest BCUT2D eigenvalue weighted by Crippen LogP contribution is 1.79. The van der Waals surface area contributed by atoms with Crippen LogP contribution in [0.4, 0.5) is 0 Å². The second-order valence-electron chi connectivity index (χ2n) is 2.28. The Balaban J connectivity index is 0. The first-order valence-electron chi connectivity index (χ1n) is 3.30. The summed E-state index contributed by atoms with van der Waals surface area (Å²) in [5.41, 5.74) is 0.625. The molecule has 0 radical (unpaired) electrons. The monoisotopic (exact) mass is 174 g/mol. The van der Waals surface area contributed by atoms with Crippen LogP contribution in [0.15, 0.2) is 10.3 Å². The fraction of sp³-hybridized carbons (Fsp3) is 0.571. The molecule has 0 aliphatic heterocycles. The topological polar surface area (TPSA) is 82.2 Å². The number of carbonyl (C=O) groups excluding carboxylic acids is 1. The van der Waals surface area contributed by atoms with Crippen LogP contribution in [0.1, 0.15) is 27.7 Å². The largest absolute Gasteiger partial charge is 0.411 e. The van der Waals surface area contributed by atoms with Crippen molar-refractivity contribution in [3.8, 4) is 0 Å². The van der Waals surface area contributed by atoms with Crippen LogP contribution in [0, 0.1) is 0 Å². The Morgan fingerprint density at radius 3 is 1.17 bits per heavy atom. The highest BCUT2D eigenvalue weighted by molar-refractivity contribution is 6.40. The van der Waals surface area contributed by atoms with Crippen LogP contribution in [-0.2, 0) is 4.79 Å². The van der Waals surface area contributed by atoms with E-state index in [1.807, 2.05) is 0 Å². The summed E-state index contributed by atoms with van der Waals surface area (Å²) in [4.78, 5) is 9.44. The summed E-state index contributed by atoms with van der Waals surface area (Å²) in [6.07, 6.45) is 0. The molecule has 0 spiro atoms. The lowest BCUT2D eigenvalue weighted by Gasteiger charge is -1.88. The second kappa shape index (κ2) is 7.71. The van der Waals surface area contributed by atoms with Crippen molar-refractivity contribution in [1.82, 2.24) is 0 Å². The lowest BCUT2D eigenvalue weighted by atomic mass is 10.3. The molecule has 0 rings (SSSR count). The maximum atomic E-state index is 9.44. The first-order valence-corrected chi connectivity index (χ1v) is 3.30. The predicted molar refractivity (Wildman–Crippen MR) is 46.1 cm³/mol. The van der Waals surface area contributed by atoms with Gasteiger partial charge in [-0.1, -0.05) is 10.3 Å². The molecule has 0 amide bonds. The number of rotatable bonds is 1. The Morgan fingerprint density at radius 2 is 1.08 bits per heavy atom. The van der Waals surface area contributed by atoms with Crippen LogP contribution in [0.25, 0.3) is 0 Å². The first kappa shape index (κ1) is 13.2. The van der Waals surface area contributed by atoms with Crippen molar-refractivity contribution < 1.29 is 15.2 Å². The van der Waals surface area contributed by atoms with Gasteiger partial charge in [0, 0.05) is 0 Å². The van der Waals surface area contributed by atoms with E-state index in [1.54, 1.807) is 0 Å². The van der Waals surface area contributed by atoms with E-state index in [1.165, 1.54) is 27.7 Å². The van der Waals surface area contributed by atoms with Crippen LogP contribution < -0.4 is 0 Å². The summed E-state index contributed by atoms with van der Waals surface area (Å²) >= 11 is 0. The molecule has 5 heteroatoms.